The first-order valence-corrected chi connectivity index (χ1v) is 7.14. The average Bonchev–Trinajstić information content (AvgIpc) is 2.47. The molecule has 0 aliphatic carbocycles. The molecule has 0 radical (unpaired) electrons. The van der Waals surface area contributed by atoms with Gasteiger partial charge in [-0.25, -0.2) is 0 Å². The first kappa shape index (κ1) is 18.2. The van der Waals surface area contributed by atoms with E-state index in [1.54, 1.807) is 0 Å². The predicted molar refractivity (Wildman–Crippen MR) is 93.3 cm³/mol. The summed E-state index contributed by atoms with van der Waals surface area (Å²) in [5.41, 5.74) is 7.49. The topological polar surface area (TPSA) is 55.1 Å². The smallest absolute Gasteiger partial charge is 0.232 e. The number of nitrogens with two attached hydrogens (primary N) is 1. The van der Waals surface area contributed by atoms with E-state index in [1.165, 1.54) is 0 Å². The lowest BCUT2D eigenvalue weighted by Gasteiger charge is -2.23. The second-order valence-electron chi connectivity index (χ2n) is 5.96. The first-order valence-electron chi connectivity index (χ1n) is 7.14. The van der Waals surface area contributed by atoms with Crippen LogP contribution in [0, 0.1) is 0 Å². The van der Waals surface area contributed by atoms with Gasteiger partial charge in [0.2, 0.25) is 5.91 Å². The predicted octanol–water partition coefficient (Wildman–Crippen LogP) is 3.09. The van der Waals surface area contributed by atoms with Gasteiger partial charge in [-0.3, -0.25) is 4.79 Å². The molecule has 118 valence electrons. The number of carbonyl (C=O) groups excluding carboxylic acids is 1. The van der Waals surface area contributed by atoms with E-state index in [-0.39, 0.29) is 24.2 Å². The fraction of sp³-hybridized carbons (Fsp3) is 0.278. The molecule has 22 heavy (non-hydrogen) atoms. The summed E-state index contributed by atoms with van der Waals surface area (Å²) in [7, 11) is 0. The standard InChI is InChI=1S/C18H22N2O.ClH/c1-18(2,19)13-20-17(21)16(14-9-5-3-6-10-14)15-11-7-4-8-12-15;/h3-12,16H,13,19H2,1-2H3,(H,20,21);1H. The monoisotopic (exact) mass is 318 g/mol. The summed E-state index contributed by atoms with van der Waals surface area (Å²) >= 11 is 0. The maximum Gasteiger partial charge on any atom is 0.232 e. The summed E-state index contributed by atoms with van der Waals surface area (Å²) in [5, 5.41) is 2.96. The SMILES string of the molecule is CC(C)(N)CNC(=O)C(c1ccccc1)c1ccccc1.Cl. The van der Waals surface area contributed by atoms with Gasteiger partial charge in [0.15, 0.2) is 0 Å². The Hall–Kier alpha value is -1.84. The summed E-state index contributed by atoms with van der Waals surface area (Å²) < 4.78 is 0. The molecule has 2 aromatic rings. The van der Waals surface area contributed by atoms with Crippen LogP contribution in [0.1, 0.15) is 30.9 Å². The van der Waals surface area contributed by atoms with Crippen LogP contribution in [0.5, 0.6) is 0 Å². The Morgan fingerprint density at radius 2 is 1.41 bits per heavy atom. The van der Waals surface area contributed by atoms with E-state index in [1.807, 2.05) is 74.5 Å². The van der Waals surface area contributed by atoms with E-state index >= 15 is 0 Å². The molecule has 0 spiro atoms. The minimum atomic E-state index is -0.423. The lowest BCUT2D eigenvalue weighted by Crippen LogP contribution is -2.46. The van der Waals surface area contributed by atoms with Gasteiger partial charge in [0.05, 0.1) is 5.92 Å². The summed E-state index contributed by atoms with van der Waals surface area (Å²) in [6, 6.07) is 19.6. The van der Waals surface area contributed by atoms with E-state index in [0.29, 0.717) is 6.54 Å². The van der Waals surface area contributed by atoms with Crippen molar-refractivity contribution in [3.8, 4) is 0 Å². The minimum absolute atomic E-state index is 0. The summed E-state index contributed by atoms with van der Waals surface area (Å²) in [6.07, 6.45) is 0. The van der Waals surface area contributed by atoms with Gasteiger partial charge in [0.25, 0.3) is 0 Å². The van der Waals surface area contributed by atoms with Crippen LogP contribution in [0.15, 0.2) is 60.7 Å². The molecule has 0 bridgehead atoms. The lowest BCUT2D eigenvalue weighted by atomic mass is 9.90. The van der Waals surface area contributed by atoms with Gasteiger partial charge in [-0.05, 0) is 25.0 Å². The third-order valence-corrected chi connectivity index (χ3v) is 3.25. The molecule has 2 rings (SSSR count). The van der Waals surface area contributed by atoms with Gasteiger partial charge in [-0.15, -0.1) is 12.4 Å². The van der Waals surface area contributed by atoms with Crippen molar-refractivity contribution in [3.05, 3.63) is 71.8 Å². The molecule has 3 N–H and O–H groups in total. The normalized spacial score (nSPS) is 10.9. The zero-order valence-corrected chi connectivity index (χ0v) is 13.8. The van der Waals surface area contributed by atoms with E-state index < -0.39 is 5.54 Å². The molecular formula is C18H23ClN2O. The van der Waals surface area contributed by atoms with Crippen LogP contribution < -0.4 is 11.1 Å². The molecule has 0 heterocycles. The van der Waals surface area contributed by atoms with Crippen LogP contribution >= 0.6 is 12.4 Å². The Morgan fingerprint density at radius 3 is 1.77 bits per heavy atom. The Balaban J connectivity index is 0.00000242. The van der Waals surface area contributed by atoms with Crippen molar-refractivity contribution in [2.24, 2.45) is 5.73 Å². The van der Waals surface area contributed by atoms with Crippen LogP contribution in [-0.4, -0.2) is 18.0 Å². The number of carbonyl (C=O) groups is 1. The first-order chi connectivity index (χ1) is 9.97. The molecule has 0 fully saturated rings. The van der Waals surface area contributed by atoms with Crippen molar-refractivity contribution in [2.75, 3.05) is 6.54 Å². The number of nitrogens with one attached hydrogen (secondary N) is 1. The van der Waals surface area contributed by atoms with Crippen LogP contribution in [0.2, 0.25) is 0 Å². The highest BCUT2D eigenvalue weighted by molar-refractivity contribution is 5.87. The minimum Gasteiger partial charge on any atom is -0.353 e. The molecule has 3 nitrogen and oxygen atoms in total. The molecule has 1 amide bonds. The van der Waals surface area contributed by atoms with E-state index in [4.69, 9.17) is 5.73 Å². The third kappa shape index (κ3) is 5.17. The molecule has 0 saturated heterocycles. The lowest BCUT2D eigenvalue weighted by molar-refractivity contribution is -0.121. The van der Waals surface area contributed by atoms with Crippen molar-refractivity contribution >= 4 is 18.3 Å². The Kier molecular flexibility index (Phi) is 6.60. The third-order valence-electron chi connectivity index (χ3n) is 3.25. The van der Waals surface area contributed by atoms with Crippen molar-refractivity contribution in [3.63, 3.8) is 0 Å². The molecule has 0 saturated carbocycles. The Labute approximate surface area is 138 Å². The summed E-state index contributed by atoms with van der Waals surface area (Å²) in [5.74, 6) is -0.333. The number of halogens is 1. The largest absolute Gasteiger partial charge is 0.353 e. The second kappa shape index (κ2) is 7.97. The molecule has 0 unspecified atom stereocenters. The van der Waals surface area contributed by atoms with E-state index in [2.05, 4.69) is 5.32 Å². The van der Waals surface area contributed by atoms with Gasteiger partial charge in [0.1, 0.15) is 0 Å². The molecule has 2 aromatic carbocycles. The highest BCUT2D eigenvalue weighted by Gasteiger charge is 2.23. The van der Waals surface area contributed by atoms with E-state index in [0.717, 1.165) is 11.1 Å². The Bertz CT molecular complexity index is 540. The van der Waals surface area contributed by atoms with Gasteiger partial charge in [0, 0.05) is 12.1 Å². The van der Waals surface area contributed by atoms with Crippen molar-refractivity contribution in [1.82, 2.24) is 5.32 Å². The van der Waals surface area contributed by atoms with Crippen LogP contribution in [0.4, 0.5) is 0 Å². The number of rotatable bonds is 5. The molecule has 0 atom stereocenters. The maximum absolute atomic E-state index is 12.6. The van der Waals surface area contributed by atoms with Crippen molar-refractivity contribution in [1.29, 1.82) is 0 Å². The fourth-order valence-electron chi connectivity index (χ4n) is 2.20. The van der Waals surface area contributed by atoms with Gasteiger partial charge < -0.3 is 11.1 Å². The maximum atomic E-state index is 12.6. The molecule has 0 aromatic heterocycles. The zero-order chi connectivity index (χ0) is 15.3. The molecule has 0 aliphatic rings. The van der Waals surface area contributed by atoms with Gasteiger partial charge in [-0.2, -0.15) is 0 Å². The fourth-order valence-corrected chi connectivity index (χ4v) is 2.20. The molecular weight excluding hydrogens is 296 g/mol. The molecule has 0 aliphatic heterocycles. The second-order valence-corrected chi connectivity index (χ2v) is 5.96. The van der Waals surface area contributed by atoms with Crippen molar-refractivity contribution < 1.29 is 4.79 Å². The zero-order valence-electron chi connectivity index (χ0n) is 13.0. The summed E-state index contributed by atoms with van der Waals surface area (Å²) in [6.45, 7) is 4.24. The number of benzene rings is 2. The van der Waals surface area contributed by atoms with Crippen LogP contribution in [-0.2, 0) is 4.79 Å². The van der Waals surface area contributed by atoms with Crippen molar-refractivity contribution in [2.45, 2.75) is 25.3 Å². The highest BCUT2D eigenvalue weighted by atomic mass is 35.5. The number of amides is 1. The highest BCUT2D eigenvalue weighted by Crippen LogP contribution is 2.24. The average molecular weight is 319 g/mol. The molecule has 4 heteroatoms. The summed E-state index contributed by atoms with van der Waals surface area (Å²) in [4.78, 5) is 12.6. The van der Waals surface area contributed by atoms with Gasteiger partial charge >= 0.3 is 0 Å². The number of hydrogen-bond acceptors (Lipinski definition) is 2. The number of hydrogen-bond donors (Lipinski definition) is 2. The quantitative estimate of drug-likeness (QED) is 0.890. The van der Waals surface area contributed by atoms with Crippen LogP contribution in [0.25, 0.3) is 0 Å². The van der Waals surface area contributed by atoms with E-state index in [9.17, 15) is 4.79 Å². The van der Waals surface area contributed by atoms with Gasteiger partial charge in [-0.1, -0.05) is 60.7 Å². The van der Waals surface area contributed by atoms with Crippen LogP contribution in [0.3, 0.4) is 0 Å². The Morgan fingerprint density at radius 1 is 1.00 bits per heavy atom.